The molecule has 10 nitrogen and oxygen atoms in total. The van der Waals surface area contributed by atoms with Crippen LogP contribution in [0.4, 0.5) is 4.79 Å². The molecule has 2 amide bonds. The molecule has 0 spiro atoms. The van der Waals surface area contributed by atoms with Crippen molar-refractivity contribution >= 4 is 34.8 Å². The molecule has 1 unspecified atom stereocenters. The molecule has 200 valence electrons. The second-order valence-electron chi connectivity index (χ2n) is 10.0. The highest BCUT2D eigenvalue weighted by Gasteiger charge is 2.41. The van der Waals surface area contributed by atoms with Crippen molar-refractivity contribution < 1.29 is 33.4 Å². The molecule has 0 bridgehead atoms. The molecule has 2 atom stereocenters. The van der Waals surface area contributed by atoms with Crippen LogP contribution in [0.15, 0.2) is 54.6 Å². The summed E-state index contributed by atoms with van der Waals surface area (Å²) in [7, 11) is 1.25. The monoisotopic (exact) mass is 521 g/mol. The van der Waals surface area contributed by atoms with Crippen LogP contribution in [0, 0.1) is 0 Å². The van der Waals surface area contributed by atoms with Gasteiger partial charge < -0.3 is 29.4 Å². The first-order valence-electron chi connectivity index (χ1n) is 12.3. The SMILES string of the molecule is COC(=O)[C@@H]1Cc2c([nH]c3ccccc23)CN1C(=O)C(CC(=O)Oc1ccccc1)NC(=O)OC(C)(C)C. The Morgan fingerprint density at radius 2 is 1.74 bits per heavy atom. The lowest BCUT2D eigenvalue weighted by Gasteiger charge is -2.36. The van der Waals surface area contributed by atoms with Gasteiger partial charge in [-0.15, -0.1) is 0 Å². The van der Waals surface area contributed by atoms with E-state index in [1.165, 1.54) is 12.0 Å². The Labute approximate surface area is 220 Å². The first kappa shape index (κ1) is 26.7. The number of fused-ring (bicyclic) bond motifs is 3. The summed E-state index contributed by atoms with van der Waals surface area (Å²) >= 11 is 0. The van der Waals surface area contributed by atoms with Gasteiger partial charge in [-0.25, -0.2) is 9.59 Å². The van der Waals surface area contributed by atoms with Crippen molar-refractivity contribution in [1.82, 2.24) is 15.2 Å². The summed E-state index contributed by atoms with van der Waals surface area (Å²) in [6.45, 7) is 5.11. The smallest absolute Gasteiger partial charge is 0.408 e. The topological polar surface area (TPSA) is 127 Å². The molecule has 3 aromatic rings. The molecule has 2 N–H and O–H groups in total. The summed E-state index contributed by atoms with van der Waals surface area (Å²) in [5, 5.41) is 3.46. The van der Waals surface area contributed by atoms with Crippen molar-refractivity contribution in [3.05, 3.63) is 65.9 Å². The van der Waals surface area contributed by atoms with Crippen LogP contribution in [0.3, 0.4) is 0 Å². The van der Waals surface area contributed by atoms with Gasteiger partial charge in [-0.3, -0.25) is 9.59 Å². The van der Waals surface area contributed by atoms with Crippen LogP contribution in [0.2, 0.25) is 0 Å². The van der Waals surface area contributed by atoms with Crippen molar-refractivity contribution in [3.63, 3.8) is 0 Å². The van der Waals surface area contributed by atoms with Gasteiger partial charge in [0.1, 0.15) is 23.4 Å². The third-order valence-electron chi connectivity index (χ3n) is 6.10. The first-order chi connectivity index (χ1) is 18.1. The minimum Gasteiger partial charge on any atom is -0.467 e. The zero-order chi connectivity index (χ0) is 27.4. The molecule has 0 saturated heterocycles. The number of nitrogens with one attached hydrogen (secondary N) is 2. The lowest BCUT2D eigenvalue weighted by Crippen LogP contribution is -2.56. The number of carbonyl (C=O) groups is 4. The van der Waals surface area contributed by atoms with Crippen LogP contribution in [0.5, 0.6) is 5.75 Å². The average Bonchev–Trinajstić information content (AvgIpc) is 3.23. The van der Waals surface area contributed by atoms with Gasteiger partial charge in [0.25, 0.3) is 0 Å². The maximum absolute atomic E-state index is 13.9. The number of aromatic amines is 1. The van der Waals surface area contributed by atoms with E-state index in [0.717, 1.165) is 22.2 Å². The number of hydrogen-bond acceptors (Lipinski definition) is 7. The molecule has 0 saturated carbocycles. The Morgan fingerprint density at radius 3 is 2.42 bits per heavy atom. The molecule has 4 rings (SSSR count). The summed E-state index contributed by atoms with van der Waals surface area (Å²) in [6.07, 6.45) is -1.14. The molecule has 2 heterocycles. The van der Waals surface area contributed by atoms with E-state index in [0.29, 0.717) is 5.75 Å². The number of aromatic nitrogens is 1. The Hall–Kier alpha value is -4.34. The summed E-state index contributed by atoms with van der Waals surface area (Å²) < 4.78 is 15.7. The number of hydrogen-bond donors (Lipinski definition) is 2. The van der Waals surface area contributed by atoms with Gasteiger partial charge in [0, 0.05) is 23.0 Å². The van der Waals surface area contributed by atoms with Crippen molar-refractivity contribution in [2.24, 2.45) is 0 Å². The Balaban J connectivity index is 1.63. The number of amides is 2. The van der Waals surface area contributed by atoms with E-state index in [1.807, 2.05) is 24.3 Å². The number of rotatable bonds is 6. The summed E-state index contributed by atoms with van der Waals surface area (Å²) in [5.74, 6) is -1.67. The fourth-order valence-electron chi connectivity index (χ4n) is 4.46. The molecule has 1 aliphatic rings. The fourth-order valence-corrected chi connectivity index (χ4v) is 4.46. The van der Waals surface area contributed by atoms with Gasteiger partial charge in [-0.1, -0.05) is 36.4 Å². The maximum atomic E-state index is 13.9. The predicted octanol–water partition coefficient (Wildman–Crippen LogP) is 3.48. The predicted molar refractivity (Wildman–Crippen MR) is 138 cm³/mol. The molecule has 0 fully saturated rings. The van der Waals surface area contributed by atoms with Crippen molar-refractivity contribution in [3.8, 4) is 5.75 Å². The number of ether oxygens (including phenoxy) is 3. The Kier molecular flexibility index (Phi) is 7.70. The number of para-hydroxylation sites is 2. The highest BCUT2D eigenvalue weighted by Crippen LogP contribution is 2.31. The van der Waals surface area contributed by atoms with E-state index in [-0.39, 0.29) is 13.0 Å². The molecule has 0 radical (unpaired) electrons. The van der Waals surface area contributed by atoms with Gasteiger partial charge in [0.2, 0.25) is 5.91 Å². The van der Waals surface area contributed by atoms with Crippen LogP contribution in [-0.4, -0.2) is 58.6 Å². The number of H-pyrrole nitrogens is 1. The Bertz CT molecular complexity index is 1340. The van der Waals surface area contributed by atoms with Crippen LogP contribution in [-0.2, 0) is 36.8 Å². The standard InChI is InChI=1S/C28H31N3O7/c1-28(2,3)38-27(35)30-21(15-24(32)37-17-10-6-5-7-11-17)25(33)31-16-22-19(14-23(31)26(34)36-4)18-12-8-9-13-20(18)29-22/h5-13,21,23,29H,14-16H2,1-4H3,(H,30,35)/t21?,23-/m0/s1. The zero-order valence-corrected chi connectivity index (χ0v) is 21.8. The fraction of sp³-hybridized carbons (Fsp3) is 0.357. The van der Waals surface area contributed by atoms with E-state index in [4.69, 9.17) is 14.2 Å². The van der Waals surface area contributed by atoms with Crippen molar-refractivity contribution in [1.29, 1.82) is 0 Å². The molecule has 10 heteroatoms. The van der Waals surface area contributed by atoms with Gasteiger partial charge in [-0.05, 0) is 44.5 Å². The van der Waals surface area contributed by atoms with Gasteiger partial charge in [-0.2, -0.15) is 0 Å². The first-order valence-corrected chi connectivity index (χ1v) is 12.3. The second kappa shape index (κ2) is 11.0. The molecular formula is C28H31N3O7. The highest BCUT2D eigenvalue weighted by atomic mass is 16.6. The molecular weight excluding hydrogens is 490 g/mol. The van der Waals surface area contributed by atoms with E-state index in [2.05, 4.69) is 10.3 Å². The van der Waals surface area contributed by atoms with Gasteiger partial charge >= 0.3 is 18.0 Å². The van der Waals surface area contributed by atoms with Gasteiger partial charge in [0.15, 0.2) is 0 Å². The van der Waals surface area contributed by atoms with E-state index in [9.17, 15) is 19.2 Å². The molecule has 2 aromatic carbocycles. The summed E-state index contributed by atoms with van der Waals surface area (Å²) in [4.78, 5) is 56.7. The normalized spacial score (nSPS) is 15.8. The van der Waals surface area contributed by atoms with Crippen molar-refractivity contribution in [2.75, 3.05) is 7.11 Å². The van der Waals surface area contributed by atoms with Gasteiger partial charge in [0.05, 0.1) is 20.1 Å². The molecule has 1 aliphatic heterocycles. The maximum Gasteiger partial charge on any atom is 0.408 e. The second-order valence-corrected chi connectivity index (χ2v) is 10.0. The molecule has 0 aliphatic carbocycles. The van der Waals surface area contributed by atoms with Crippen molar-refractivity contribution in [2.45, 2.75) is 57.8 Å². The van der Waals surface area contributed by atoms with E-state index < -0.39 is 48.0 Å². The van der Waals surface area contributed by atoms with E-state index in [1.54, 1.807) is 51.1 Å². The minimum atomic E-state index is -1.35. The highest BCUT2D eigenvalue weighted by molar-refractivity contribution is 5.94. The molecule has 1 aromatic heterocycles. The number of alkyl carbamates (subject to hydrolysis) is 1. The number of benzene rings is 2. The average molecular weight is 522 g/mol. The number of methoxy groups -OCH3 is 1. The molecule has 38 heavy (non-hydrogen) atoms. The largest absolute Gasteiger partial charge is 0.467 e. The summed E-state index contributed by atoms with van der Waals surface area (Å²) in [6, 6.07) is 13.7. The van der Waals surface area contributed by atoms with Crippen LogP contribution in [0.1, 0.15) is 38.4 Å². The van der Waals surface area contributed by atoms with E-state index >= 15 is 0 Å². The quantitative estimate of drug-likeness (QED) is 0.376. The third-order valence-corrected chi connectivity index (χ3v) is 6.10. The number of esters is 2. The Morgan fingerprint density at radius 1 is 1.05 bits per heavy atom. The summed E-state index contributed by atoms with van der Waals surface area (Å²) in [5.41, 5.74) is 1.73. The lowest BCUT2D eigenvalue weighted by atomic mass is 9.95. The lowest BCUT2D eigenvalue weighted by molar-refractivity contribution is -0.155. The van der Waals surface area contributed by atoms with Crippen LogP contribution < -0.4 is 10.1 Å². The number of carbonyl (C=O) groups excluding carboxylic acids is 4. The van der Waals surface area contributed by atoms with Crippen LogP contribution in [0.25, 0.3) is 10.9 Å². The third kappa shape index (κ3) is 6.13. The minimum absolute atomic E-state index is 0.0584. The zero-order valence-electron chi connectivity index (χ0n) is 21.8. The van der Waals surface area contributed by atoms with Crippen LogP contribution >= 0.6 is 0 Å². The number of nitrogens with zero attached hydrogens (tertiary/aromatic N) is 1.